The molecule has 0 aromatic rings. The first-order chi connectivity index (χ1) is 33.6. The maximum Gasteiger partial charge on any atom is 0.322 e. The van der Waals surface area contributed by atoms with E-state index in [2.05, 4.69) is 26.6 Å². The average molecular weight is 1160 g/mol. The van der Waals surface area contributed by atoms with E-state index in [9.17, 15) is 14.4 Å². The lowest BCUT2D eigenvalue weighted by molar-refractivity contribution is -0.162. The highest BCUT2D eigenvalue weighted by Gasteiger charge is 2.40. The van der Waals surface area contributed by atoms with Crippen molar-refractivity contribution in [2.75, 3.05) is 42.8 Å². The van der Waals surface area contributed by atoms with Gasteiger partial charge in [-0.05, 0) is 110 Å². The molecule has 0 rings (SSSR count). The first kappa shape index (κ1) is 71.7. The van der Waals surface area contributed by atoms with Gasteiger partial charge in [-0.3, -0.25) is 14.4 Å². The molecular formula is C56H102O6S9. The molecule has 0 fully saturated rings. The van der Waals surface area contributed by atoms with Crippen LogP contribution in [0.2, 0.25) is 0 Å². The molecular weight excluding hydrogens is 1060 g/mol. The van der Waals surface area contributed by atoms with Crippen molar-refractivity contribution in [3.05, 3.63) is 0 Å². The fourth-order valence-electron chi connectivity index (χ4n) is 7.38. The van der Waals surface area contributed by atoms with Gasteiger partial charge >= 0.3 is 17.9 Å². The van der Waals surface area contributed by atoms with Gasteiger partial charge in [-0.1, -0.05) is 228 Å². The van der Waals surface area contributed by atoms with E-state index >= 15 is 0 Å². The van der Waals surface area contributed by atoms with E-state index in [1.165, 1.54) is 194 Å². The first-order valence-corrected chi connectivity index (χ1v) is 34.9. The molecule has 0 spiro atoms. The van der Waals surface area contributed by atoms with E-state index < -0.39 is 37.6 Å². The normalized spacial score (nSPS) is 12.7. The van der Waals surface area contributed by atoms with E-state index in [-0.39, 0.29) is 30.3 Å². The highest BCUT2D eigenvalue weighted by Crippen LogP contribution is 2.36. The minimum absolute atomic E-state index is 0.128. The summed E-state index contributed by atoms with van der Waals surface area (Å²) in [5.41, 5.74) is -1.04. The predicted octanol–water partition coefficient (Wildman–Crippen LogP) is 19.2. The smallest absolute Gasteiger partial charge is 0.322 e. The van der Waals surface area contributed by atoms with Crippen molar-refractivity contribution in [3.63, 3.8) is 0 Å². The van der Waals surface area contributed by atoms with Crippen LogP contribution >= 0.6 is 106 Å². The molecule has 1 atom stereocenters. The predicted molar refractivity (Wildman–Crippen MR) is 339 cm³/mol. The Morgan fingerprint density at radius 1 is 0.423 bits per heavy atom. The Kier molecular flexibility index (Phi) is 44.0. The highest BCUT2D eigenvalue weighted by molar-refractivity contribution is 8.48. The number of esters is 3. The summed E-state index contributed by atoms with van der Waals surface area (Å²) >= 11 is 24.5. The van der Waals surface area contributed by atoms with Gasteiger partial charge in [0, 0.05) is 4.20 Å². The second kappa shape index (κ2) is 43.6. The summed E-state index contributed by atoms with van der Waals surface area (Å²) in [6.45, 7) is 19.1. The minimum atomic E-state index is -1.04. The van der Waals surface area contributed by atoms with Crippen LogP contribution in [0, 0.1) is 5.41 Å². The van der Waals surface area contributed by atoms with Crippen LogP contribution in [0.3, 0.4) is 0 Å². The zero-order valence-corrected chi connectivity index (χ0v) is 53.9. The fraction of sp³-hybridized carbons (Fsp3) is 0.875. The number of thiocarbonyl (C=S) groups is 3. The van der Waals surface area contributed by atoms with Crippen LogP contribution < -0.4 is 0 Å². The zero-order chi connectivity index (χ0) is 53.4. The van der Waals surface area contributed by atoms with E-state index in [1.54, 1.807) is 23.5 Å². The van der Waals surface area contributed by atoms with Crippen LogP contribution in [0.4, 0.5) is 0 Å². The average Bonchev–Trinajstić information content (AvgIpc) is 3.30. The molecule has 0 aliphatic rings. The Labute approximate surface area is 477 Å². The van der Waals surface area contributed by atoms with Crippen molar-refractivity contribution < 1.29 is 28.6 Å². The van der Waals surface area contributed by atoms with E-state index in [0.29, 0.717) is 7.06 Å². The van der Waals surface area contributed by atoms with Crippen LogP contribution in [0.1, 0.15) is 249 Å². The Bertz CT molecular complexity index is 1430. The van der Waals surface area contributed by atoms with Crippen LogP contribution in [-0.4, -0.2) is 92.1 Å². The van der Waals surface area contributed by atoms with E-state index in [0.717, 1.165) is 47.8 Å². The van der Waals surface area contributed by atoms with Gasteiger partial charge in [-0.2, -0.15) is 10.5 Å². The van der Waals surface area contributed by atoms with Gasteiger partial charge in [0.2, 0.25) is 0 Å². The summed E-state index contributed by atoms with van der Waals surface area (Å²) in [7, 11) is 0.265. The molecule has 0 bridgehead atoms. The second-order valence-electron chi connectivity index (χ2n) is 21.2. The van der Waals surface area contributed by atoms with Gasteiger partial charge in [0.1, 0.15) is 41.1 Å². The molecule has 0 radical (unpaired) electrons. The number of carbonyl (C=O) groups excluding carboxylic acids is 3. The molecule has 71 heavy (non-hydrogen) atoms. The quantitative estimate of drug-likeness (QED) is 0.0251. The lowest BCUT2D eigenvalue weighted by Crippen LogP contribution is -2.43. The van der Waals surface area contributed by atoms with Crippen LogP contribution in [0.15, 0.2) is 0 Å². The number of carbonyl (C=O) groups is 3. The number of hydrogen-bond donors (Lipinski definition) is 0. The molecule has 6 nitrogen and oxygen atoms in total. The molecule has 0 saturated carbocycles. The standard InChI is InChI=1S/C56H102O6S9/c1-12-15-18-20-22-24-26-28-31-35-40-66-51(64)69-54(6,7)49(58)61-45-56(10,44-60-48(57)53(4,5)68-47(63)39-34-30-33-38-43-71(11)42-37-17-14-3)46-62-50(59)55(8,9)70-52(65)67-41-36-32-29-27-25-23-21-19-16-13-2/h11-46H2,1-10H3. The fourth-order valence-corrected chi connectivity index (χ4v) is 16.7. The van der Waals surface area contributed by atoms with Crippen LogP contribution in [-0.2, 0) is 28.6 Å². The molecule has 15 heteroatoms. The van der Waals surface area contributed by atoms with Crippen molar-refractivity contribution in [3.8, 4) is 0 Å². The number of hydrogen-bond acceptors (Lipinski definition) is 14. The first-order valence-electron chi connectivity index (χ1n) is 27.6. The Hall–Kier alpha value is 0.650. The number of ether oxygens (including phenoxy) is 3. The van der Waals surface area contributed by atoms with E-state index in [4.69, 9.17) is 50.9 Å². The molecule has 416 valence electrons. The number of unbranched alkanes of at least 4 members (excludes halogenated alkanes) is 23. The topological polar surface area (TPSA) is 78.9 Å². The minimum Gasteiger partial charge on any atom is -0.464 e. The van der Waals surface area contributed by atoms with Gasteiger partial charge < -0.3 is 14.2 Å². The molecule has 0 amide bonds. The van der Waals surface area contributed by atoms with Gasteiger partial charge in [0.05, 0.1) is 5.41 Å². The highest BCUT2D eigenvalue weighted by atomic mass is 32.2. The number of thioether (sulfide) groups is 5. The van der Waals surface area contributed by atoms with Gasteiger partial charge in [-0.25, -0.2) is 0 Å². The summed E-state index contributed by atoms with van der Waals surface area (Å²) < 4.78 is 17.4. The Morgan fingerprint density at radius 2 is 0.704 bits per heavy atom. The summed E-state index contributed by atoms with van der Waals surface area (Å²) in [5, 5.41) is 0. The molecule has 0 heterocycles. The summed E-state index contributed by atoms with van der Waals surface area (Å²) in [4.78, 5) is 41.2. The monoisotopic (exact) mass is 1160 g/mol. The third kappa shape index (κ3) is 39.6. The van der Waals surface area contributed by atoms with Gasteiger partial charge in [0.15, 0.2) is 0 Å². The van der Waals surface area contributed by atoms with Gasteiger partial charge in [0.25, 0.3) is 0 Å². The van der Waals surface area contributed by atoms with Crippen molar-refractivity contribution in [1.82, 2.24) is 0 Å². The summed E-state index contributed by atoms with van der Waals surface area (Å²) in [6.07, 6.45) is 34.7. The Balaban J connectivity index is 5.41. The maximum absolute atomic E-state index is 13.7. The summed E-state index contributed by atoms with van der Waals surface area (Å²) in [6, 6.07) is 0. The van der Waals surface area contributed by atoms with Crippen LogP contribution in [0.25, 0.3) is 0 Å². The SMILES string of the molecule is C=S(CCCCC)CCCCCCC(=S)SC(C)(C)C(=O)OCC(C)(COC(=O)C(C)(C)SC(=S)SCCCCCCCCCCCC)COC(=O)C(C)(C)SC(=S)SCCCCCCCCCCCC. The van der Waals surface area contributed by atoms with Crippen molar-refractivity contribution in [2.45, 2.75) is 263 Å². The van der Waals surface area contributed by atoms with E-state index in [1.807, 2.05) is 48.5 Å². The molecule has 0 aromatic carbocycles. The molecule has 1 unspecified atom stereocenters. The van der Waals surface area contributed by atoms with Gasteiger partial charge in [-0.15, -0.1) is 35.3 Å². The summed E-state index contributed by atoms with van der Waals surface area (Å²) in [5.74, 6) is 7.36. The molecule has 0 saturated heterocycles. The largest absolute Gasteiger partial charge is 0.464 e. The lowest BCUT2D eigenvalue weighted by atomic mass is 9.94. The molecule has 0 N–H and O–H groups in total. The second-order valence-corrected chi connectivity index (χ2v) is 33.6. The van der Waals surface area contributed by atoms with Crippen molar-refractivity contribution in [2.24, 2.45) is 5.41 Å². The number of rotatable bonds is 45. The zero-order valence-electron chi connectivity index (χ0n) is 46.6. The third-order valence-electron chi connectivity index (χ3n) is 12.2. The van der Waals surface area contributed by atoms with Crippen molar-refractivity contribution in [1.29, 1.82) is 0 Å². The lowest BCUT2D eigenvalue weighted by Gasteiger charge is -2.32. The molecule has 0 aromatic heterocycles. The van der Waals surface area contributed by atoms with Crippen LogP contribution in [0.5, 0.6) is 0 Å². The Morgan fingerprint density at radius 3 is 1.07 bits per heavy atom. The third-order valence-corrected chi connectivity index (χ3v) is 21.1. The maximum atomic E-state index is 13.7. The van der Waals surface area contributed by atoms with Crippen molar-refractivity contribution >= 4 is 141 Å². The molecule has 0 aliphatic heterocycles. The molecule has 0 aliphatic carbocycles.